The van der Waals surface area contributed by atoms with E-state index in [1.54, 1.807) is 41.0 Å². The topological polar surface area (TPSA) is 133 Å². The molecule has 2 N–H and O–H groups in total. The molecule has 3 aromatic rings. The van der Waals surface area contributed by atoms with Gasteiger partial charge in [0, 0.05) is 35.4 Å². The SMILES string of the molecule is NN1CCN=C1n1c(-c2cccc([N+](=O)[O-])c2)ccc1-c1cccc([N+](=O)[O-])c1. The summed E-state index contributed by atoms with van der Waals surface area (Å²) in [5.74, 6) is 6.56. The van der Waals surface area contributed by atoms with Crippen molar-refractivity contribution < 1.29 is 9.85 Å². The minimum absolute atomic E-state index is 0.0369. The van der Waals surface area contributed by atoms with Crippen LogP contribution in [0.1, 0.15) is 0 Å². The zero-order chi connectivity index (χ0) is 20.5. The van der Waals surface area contributed by atoms with Crippen LogP contribution in [0.2, 0.25) is 0 Å². The predicted molar refractivity (Wildman–Crippen MR) is 107 cm³/mol. The largest absolute Gasteiger partial charge is 0.279 e. The van der Waals surface area contributed by atoms with E-state index in [1.165, 1.54) is 29.3 Å². The Morgan fingerprint density at radius 2 is 1.38 bits per heavy atom. The first-order valence-electron chi connectivity index (χ1n) is 8.74. The molecule has 0 amide bonds. The van der Waals surface area contributed by atoms with Crippen LogP contribution in [-0.2, 0) is 0 Å². The molecule has 2 heterocycles. The molecule has 1 aliphatic rings. The summed E-state index contributed by atoms with van der Waals surface area (Å²) in [5, 5.41) is 23.9. The van der Waals surface area contributed by atoms with Gasteiger partial charge in [-0.15, -0.1) is 0 Å². The summed E-state index contributed by atoms with van der Waals surface area (Å²) in [6, 6.07) is 16.1. The van der Waals surface area contributed by atoms with Crippen molar-refractivity contribution in [3.8, 4) is 22.5 Å². The second-order valence-corrected chi connectivity index (χ2v) is 6.43. The molecule has 0 radical (unpaired) electrons. The van der Waals surface area contributed by atoms with Gasteiger partial charge in [0.15, 0.2) is 0 Å². The Labute approximate surface area is 164 Å². The van der Waals surface area contributed by atoms with Crippen molar-refractivity contribution in [3.05, 3.63) is 80.9 Å². The lowest BCUT2D eigenvalue weighted by Gasteiger charge is -2.19. The van der Waals surface area contributed by atoms with Gasteiger partial charge in [-0.05, 0) is 12.1 Å². The number of non-ortho nitro benzene ring substituents is 2. The number of benzene rings is 2. The summed E-state index contributed by atoms with van der Waals surface area (Å²) in [4.78, 5) is 25.9. The third-order valence-corrected chi connectivity index (χ3v) is 4.64. The van der Waals surface area contributed by atoms with E-state index in [0.717, 1.165) is 0 Å². The van der Waals surface area contributed by atoms with E-state index >= 15 is 0 Å². The van der Waals surface area contributed by atoms with Crippen LogP contribution in [0.15, 0.2) is 65.7 Å². The number of nitrogens with two attached hydrogens (primary N) is 1. The predicted octanol–water partition coefficient (Wildman–Crippen LogP) is 3.03. The van der Waals surface area contributed by atoms with Gasteiger partial charge < -0.3 is 0 Å². The number of hydrazine groups is 1. The Morgan fingerprint density at radius 1 is 0.862 bits per heavy atom. The Balaban J connectivity index is 1.92. The van der Waals surface area contributed by atoms with Crippen molar-refractivity contribution >= 4 is 17.3 Å². The van der Waals surface area contributed by atoms with Crippen LogP contribution >= 0.6 is 0 Å². The van der Waals surface area contributed by atoms with Crippen LogP contribution < -0.4 is 5.84 Å². The van der Waals surface area contributed by atoms with Crippen molar-refractivity contribution in [3.63, 3.8) is 0 Å². The summed E-state index contributed by atoms with van der Waals surface area (Å²) in [6.45, 7) is 1.03. The highest BCUT2D eigenvalue weighted by atomic mass is 16.6. The molecule has 0 saturated heterocycles. The molecule has 10 heteroatoms. The van der Waals surface area contributed by atoms with Gasteiger partial charge in [0.1, 0.15) is 0 Å². The fourth-order valence-corrected chi connectivity index (χ4v) is 3.31. The minimum Gasteiger partial charge on any atom is -0.279 e. The van der Waals surface area contributed by atoms with Gasteiger partial charge in [0.25, 0.3) is 11.4 Å². The second-order valence-electron chi connectivity index (χ2n) is 6.43. The maximum Gasteiger partial charge on any atom is 0.270 e. The van der Waals surface area contributed by atoms with Crippen molar-refractivity contribution in [1.29, 1.82) is 0 Å². The molecule has 0 bridgehead atoms. The number of aliphatic imine (C=N–C) groups is 1. The lowest BCUT2D eigenvalue weighted by molar-refractivity contribution is -0.385. The van der Waals surface area contributed by atoms with Crippen LogP contribution in [0.5, 0.6) is 0 Å². The van der Waals surface area contributed by atoms with E-state index in [-0.39, 0.29) is 11.4 Å². The van der Waals surface area contributed by atoms with Crippen LogP contribution in [-0.4, -0.2) is 38.5 Å². The zero-order valence-electron chi connectivity index (χ0n) is 15.1. The summed E-state index contributed by atoms with van der Waals surface area (Å²) < 4.78 is 1.77. The average Bonchev–Trinajstić information content (AvgIpc) is 3.33. The van der Waals surface area contributed by atoms with E-state index in [4.69, 9.17) is 5.84 Å². The van der Waals surface area contributed by atoms with Crippen LogP contribution in [0.25, 0.3) is 22.5 Å². The summed E-state index contributed by atoms with van der Waals surface area (Å²) in [7, 11) is 0. The standard InChI is InChI=1S/C19H16N6O4/c20-22-10-9-21-19(22)23-17(13-3-1-5-15(11-13)24(26)27)7-8-18(23)14-4-2-6-16(12-14)25(28)29/h1-8,11-12H,9-10,20H2. The first kappa shape index (κ1) is 18.3. The maximum atomic E-state index is 11.2. The molecule has 1 aliphatic heterocycles. The molecule has 0 unspecified atom stereocenters. The summed E-state index contributed by atoms with van der Waals surface area (Å²) in [5.41, 5.74) is 2.44. The summed E-state index contributed by atoms with van der Waals surface area (Å²) in [6.07, 6.45) is 0. The van der Waals surface area contributed by atoms with Gasteiger partial charge in [-0.1, -0.05) is 24.3 Å². The van der Waals surface area contributed by atoms with Crippen molar-refractivity contribution in [2.24, 2.45) is 10.8 Å². The smallest absolute Gasteiger partial charge is 0.270 e. The third kappa shape index (κ3) is 3.32. The van der Waals surface area contributed by atoms with Gasteiger partial charge in [-0.2, -0.15) is 0 Å². The third-order valence-electron chi connectivity index (χ3n) is 4.64. The Bertz CT molecular complexity index is 1080. The Hall–Kier alpha value is -4.05. The van der Waals surface area contributed by atoms with E-state index in [1.807, 2.05) is 0 Å². The van der Waals surface area contributed by atoms with Crippen LogP contribution in [0.4, 0.5) is 11.4 Å². The van der Waals surface area contributed by atoms with Crippen molar-refractivity contribution in [2.45, 2.75) is 0 Å². The Kier molecular flexibility index (Phi) is 4.53. The quantitative estimate of drug-likeness (QED) is 0.412. The van der Waals surface area contributed by atoms with Gasteiger partial charge in [-0.25, -0.2) is 10.8 Å². The highest BCUT2D eigenvalue weighted by Gasteiger charge is 2.23. The van der Waals surface area contributed by atoms with E-state index in [2.05, 4.69) is 4.99 Å². The lowest BCUT2D eigenvalue weighted by atomic mass is 10.1. The van der Waals surface area contributed by atoms with Gasteiger partial charge in [0.2, 0.25) is 5.96 Å². The van der Waals surface area contributed by atoms with E-state index < -0.39 is 9.85 Å². The molecule has 0 saturated carbocycles. The molecule has 0 spiro atoms. The molecule has 0 aliphatic carbocycles. The van der Waals surface area contributed by atoms with Crippen molar-refractivity contribution in [1.82, 2.24) is 9.58 Å². The van der Waals surface area contributed by atoms with E-state index in [9.17, 15) is 20.2 Å². The minimum atomic E-state index is -0.458. The molecule has 0 fully saturated rings. The Morgan fingerprint density at radius 3 is 1.79 bits per heavy atom. The number of hydrogen-bond donors (Lipinski definition) is 1. The molecule has 1 aromatic heterocycles. The van der Waals surface area contributed by atoms with Crippen LogP contribution in [0.3, 0.4) is 0 Å². The lowest BCUT2D eigenvalue weighted by Crippen LogP contribution is -2.39. The first-order chi connectivity index (χ1) is 14.0. The molecule has 146 valence electrons. The normalized spacial score (nSPS) is 13.4. The number of nitro groups is 2. The maximum absolute atomic E-state index is 11.2. The molecule has 0 atom stereocenters. The molecule has 29 heavy (non-hydrogen) atoms. The number of nitrogens with zero attached hydrogens (tertiary/aromatic N) is 5. The fraction of sp³-hybridized carbons (Fsp3) is 0.105. The fourth-order valence-electron chi connectivity index (χ4n) is 3.31. The summed E-state index contributed by atoms with van der Waals surface area (Å²) >= 11 is 0. The average molecular weight is 392 g/mol. The molecule has 2 aromatic carbocycles. The number of hydrogen-bond acceptors (Lipinski definition) is 7. The molecule has 10 nitrogen and oxygen atoms in total. The molecular weight excluding hydrogens is 376 g/mol. The zero-order valence-corrected chi connectivity index (χ0v) is 15.1. The van der Waals surface area contributed by atoms with Gasteiger partial charge in [0.05, 0.1) is 34.3 Å². The van der Waals surface area contributed by atoms with Crippen molar-refractivity contribution in [2.75, 3.05) is 13.1 Å². The van der Waals surface area contributed by atoms with Crippen LogP contribution in [0, 0.1) is 20.2 Å². The number of nitro benzene ring substituents is 2. The monoisotopic (exact) mass is 392 g/mol. The highest BCUT2D eigenvalue weighted by Crippen LogP contribution is 2.32. The first-order valence-corrected chi connectivity index (χ1v) is 8.74. The van der Waals surface area contributed by atoms with Gasteiger partial charge in [-0.3, -0.25) is 29.8 Å². The number of rotatable bonds is 4. The van der Waals surface area contributed by atoms with E-state index in [0.29, 0.717) is 41.6 Å². The molecular formula is C19H16N6O4. The molecule has 4 rings (SSSR count). The highest BCUT2D eigenvalue weighted by molar-refractivity contribution is 5.93. The number of aromatic nitrogens is 1. The second kappa shape index (κ2) is 7.17. The van der Waals surface area contributed by atoms with Gasteiger partial charge >= 0.3 is 0 Å².